The maximum absolute atomic E-state index is 11.1. The molecule has 0 saturated carbocycles. The largest absolute Gasteiger partial charge is 0.399 e. The number of hydrogen-bond acceptors (Lipinski definition) is 16. The van der Waals surface area contributed by atoms with Gasteiger partial charge in [-0.2, -0.15) is 8.42 Å². The Hall–Kier alpha value is -9.77. The summed E-state index contributed by atoms with van der Waals surface area (Å²) in [6.45, 7) is 0. The Morgan fingerprint density at radius 3 is 0.929 bits per heavy atom. The number of anilines is 10. The van der Waals surface area contributed by atoms with Gasteiger partial charge in [0.1, 0.15) is 0 Å². The van der Waals surface area contributed by atoms with E-state index in [0.29, 0.717) is 22.7 Å². The SMILES string of the molecule is Nc1ccc(-c2ccc(N)cc2)cc1.Nc1ccc(-c2ccc(N)cc2N)c(N)c1.Nc1ccc(-c2ccc(N)cc2[N+](=O)[O-])c([N+](=O)[O-])c1.Nc1ccc2c(c1)[nH]c1cc(N)ccc12.O=S(=O)(O)O. The first-order valence-electron chi connectivity index (χ1n) is 20.3. The second kappa shape index (κ2) is 22.1. The van der Waals surface area contributed by atoms with E-state index in [1.54, 1.807) is 24.3 Å². The van der Waals surface area contributed by atoms with E-state index in [1.165, 1.54) is 35.0 Å². The summed E-state index contributed by atoms with van der Waals surface area (Å²) in [5, 5.41) is 24.5. The summed E-state index contributed by atoms with van der Waals surface area (Å²) in [6, 6.07) is 46.0. The van der Waals surface area contributed by atoms with Crippen LogP contribution in [0.25, 0.3) is 55.2 Å². The number of rotatable bonds is 5. The van der Waals surface area contributed by atoms with Crippen LogP contribution in [0.1, 0.15) is 0 Å². The van der Waals surface area contributed by atoms with Crippen LogP contribution in [-0.4, -0.2) is 32.4 Å². The quantitative estimate of drug-likeness (QED) is 0.0333. The molecule has 8 aromatic carbocycles. The lowest BCUT2D eigenvalue weighted by Gasteiger charge is -2.10. The minimum atomic E-state index is -4.67. The molecule has 0 atom stereocenters. The molecule has 0 aliphatic carbocycles. The fourth-order valence-electron chi connectivity index (χ4n) is 6.80. The molecule has 0 bridgehead atoms. The molecule has 0 amide bonds. The number of nitrogens with one attached hydrogen (secondary N) is 1. The fraction of sp³-hybridized carbons (Fsp3) is 0. The van der Waals surface area contributed by atoms with Crippen molar-refractivity contribution in [2.75, 3.05) is 57.3 Å². The Kier molecular flexibility index (Phi) is 16.2. The Labute approximate surface area is 400 Å². The van der Waals surface area contributed by atoms with Crippen molar-refractivity contribution >= 4 is 100 Å². The van der Waals surface area contributed by atoms with Crippen molar-refractivity contribution in [3.8, 4) is 33.4 Å². The van der Waals surface area contributed by atoms with Crippen molar-refractivity contribution in [3.05, 3.63) is 178 Å². The highest BCUT2D eigenvalue weighted by Gasteiger charge is 2.23. The van der Waals surface area contributed by atoms with E-state index in [9.17, 15) is 20.2 Å². The standard InChI is InChI=1S/C12H10N4O4.C12H14N4.C12H11N3.C12H12N2.H2O4S/c13-7-1-3-9(11(5-7)15(17)18)10-4-2-8(14)6-12(10)16(19)20;13-7-1-3-9(11(15)5-7)10-4-2-8(14)6-12(10)16;13-7-1-3-9-10-4-2-8(14)6-12(10)15-11(9)5-7;13-11-5-1-9(2-6-11)10-3-7-12(14)8-4-10;1-5(2,3)4/h1-6H,13-14H2;1-6H,13-16H2;1-6,15H,13-14H2;1-8H,13-14H2;(H2,1,2,3,4). The molecule has 0 radical (unpaired) electrons. The number of aromatic nitrogens is 1. The number of nitro benzene ring substituents is 2. The van der Waals surface area contributed by atoms with Crippen molar-refractivity contribution in [1.82, 2.24) is 4.98 Å². The van der Waals surface area contributed by atoms with Crippen molar-refractivity contribution in [3.63, 3.8) is 0 Å². The van der Waals surface area contributed by atoms with Gasteiger partial charge in [0.15, 0.2) is 0 Å². The fourth-order valence-corrected chi connectivity index (χ4v) is 6.80. The van der Waals surface area contributed by atoms with Gasteiger partial charge in [0.05, 0.1) is 21.0 Å². The minimum Gasteiger partial charge on any atom is -0.399 e. The number of nitrogens with two attached hydrogens (primary N) is 10. The van der Waals surface area contributed by atoms with Crippen LogP contribution < -0.4 is 57.3 Å². The molecule has 23 N–H and O–H groups in total. The number of H-pyrrole nitrogens is 1. The zero-order chi connectivity index (χ0) is 51.4. The Morgan fingerprint density at radius 1 is 0.371 bits per heavy atom. The highest BCUT2D eigenvalue weighted by molar-refractivity contribution is 7.79. The average molecular weight is 968 g/mol. The lowest BCUT2D eigenvalue weighted by Crippen LogP contribution is -1.98. The predicted molar refractivity (Wildman–Crippen MR) is 283 cm³/mol. The number of benzene rings is 8. The number of hydrogen-bond donors (Lipinski definition) is 13. The summed E-state index contributed by atoms with van der Waals surface area (Å²) in [6.07, 6.45) is 0. The van der Waals surface area contributed by atoms with Gasteiger partial charge >= 0.3 is 10.4 Å². The molecule has 0 aliphatic rings. The summed E-state index contributed by atoms with van der Waals surface area (Å²) in [4.78, 5) is 24.1. The molecule has 0 saturated heterocycles. The molecule has 70 heavy (non-hydrogen) atoms. The summed E-state index contributed by atoms with van der Waals surface area (Å²) < 4.78 is 31.6. The first-order valence-corrected chi connectivity index (χ1v) is 21.7. The van der Waals surface area contributed by atoms with Crippen molar-refractivity contribution in [1.29, 1.82) is 0 Å². The van der Waals surface area contributed by atoms with Crippen LogP contribution in [-0.2, 0) is 10.4 Å². The maximum Gasteiger partial charge on any atom is 0.394 e. The molecule has 360 valence electrons. The van der Waals surface area contributed by atoms with Gasteiger partial charge in [-0.05, 0) is 108 Å². The smallest absolute Gasteiger partial charge is 0.394 e. The first-order chi connectivity index (χ1) is 33.0. The number of aromatic amines is 1. The Morgan fingerprint density at radius 2 is 0.629 bits per heavy atom. The summed E-state index contributed by atoms with van der Waals surface area (Å²) in [5.74, 6) is 0. The number of fused-ring (bicyclic) bond motifs is 3. The lowest BCUT2D eigenvalue weighted by molar-refractivity contribution is -0.386. The molecule has 21 nitrogen and oxygen atoms in total. The third-order valence-corrected chi connectivity index (χ3v) is 9.97. The van der Waals surface area contributed by atoms with E-state index < -0.39 is 20.2 Å². The maximum atomic E-state index is 11.1. The van der Waals surface area contributed by atoms with E-state index in [1.807, 2.05) is 97.1 Å². The van der Waals surface area contributed by atoms with E-state index in [-0.39, 0.29) is 33.9 Å². The van der Waals surface area contributed by atoms with Gasteiger partial charge < -0.3 is 62.3 Å². The third kappa shape index (κ3) is 14.1. The predicted octanol–water partition coefficient (Wildman–Crippen LogP) is 8.37. The molecule has 0 spiro atoms. The highest BCUT2D eigenvalue weighted by Crippen LogP contribution is 2.38. The van der Waals surface area contributed by atoms with E-state index in [0.717, 1.165) is 68.2 Å². The van der Waals surface area contributed by atoms with Gasteiger partial charge in [-0.1, -0.05) is 48.5 Å². The van der Waals surface area contributed by atoms with Gasteiger partial charge in [-0.3, -0.25) is 29.3 Å². The number of nitrogens with zero attached hydrogens (tertiary/aromatic N) is 2. The second-order valence-electron chi connectivity index (χ2n) is 15.2. The second-order valence-corrected chi connectivity index (χ2v) is 16.1. The van der Waals surface area contributed by atoms with Gasteiger partial charge in [0, 0.05) is 102 Å². The molecule has 9 aromatic rings. The third-order valence-electron chi connectivity index (χ3n) is 9.97. The number of nitro groups is 2. The normalized spacial score (nSPS) is 10.5. The summed E-state index contributed by atoms with van der Waals surface area (Å²) >= 11 is 0. The van der Waals surface area contributed by atoms with Crippen LogP contribution >= 0.6 is 0 Å². The van der Waals surface area contributed by atoms with Crippen molar-refractivity contribution in [2.45, 2.75) is 0 Å². The number of nitrogen functional groups attached to an aromatic ring is 10. The first kappa shape index (κ1) is 51.2. The molecule has 1 heterocycles. The minimum absolute atomic E-state index is 0.121. The monoisotopic (exact) mass is 967 g/mol. The summed E-state index contributed by atoms with van der Waals surface area (Å²) in [5.41, 5.74) is 68.5. The molecule has 1 aromatic heterocycles. The van der Waals surface area contributed by atoms with Gasteiger partial charge in [-0.15, -0.1) is 0 Å². The topological polar surface area (TPSA) is 437 Å². The summed E-state index contributed by atoms with van der Waals surface area (Å²) in [7, 11) is -4.67. The van der Waals surface area contributed by atoms with Crippen LogP contribution in [0.15, 0.2) is 158 Å². The zero-order valence-electron chi connectivity index (χ0n) is 36.9. The van der Waals surface area contributed by atoms with Crippen LogP contribution in [0.4, 0.5) is 68.2 Å². The van der Waals surface area contributed by atoms with E-state index in [4.69, 9.17) is 74.9 Å². The van der Waals surface area contributed by atoms with E-state index >= 15 is 0 Å². The van der Waals surface area contributed by atoms with Crippen LogP contribution in [0.5, 0.6) is 0 Å². The van der Waals surface area contributed by atoms with Crippen molar-refractivity contribution in [2.24, 2.45) is 0 Å². The van der Waals surface area contributed by atoms with Gasteiger partial charge in [-0.25, -0.2) is 0 Å². The average Bonchev–Trinajstić information content (AvgIpc) is 3.64. The van der Waals surface area contributed by atoms with Crippen LogP contribution in [0.3, 0.4) is 0 Å². The Balaban J connectivity index is 0.000000169. The molecular formula is C48H49N13O8S. The van der Waals surface area contributed by atoms with Crippen LogP contribution in [0.2, 0.25) is 0 Å². The van der Waals surface area contributed by atoms with Crippen molar-refractivity contribution < 1.29 is 27.4 Å². The van der Waals surface area contributed by atoms with Gasteiger partial charge in [0.25, 0.3) is 11.4 Å². The lowest BCUT2D eigenvalue weighted by atomic mass is 10.0. The molecular weight excluding hydrogens is 919 g/mol. The van der Waals surface area contributed by atoms with Gasteiger partial charge in [0.2, 0.25) is 0 Å². The zero-order valence-corrected chi connectivity index (χ0v) is 37.7. The Bertz CT molecular complexity index is 3230. The van der Waals surface area contributed by atoms with Crippen LogP contribution in [0, 0.1) is 20.2 Å². The molecule has 9 rings (SSSR count). The molecule has 22 heteroatoms. The molecule has 0 fully saturated rings. The van der Waals surface area contributed by atoms with E-state index in [2.05, 4.69) is 4.98 Å². The highest BCUT2D eigenvalue weighted by atomic mass is 32.3. The molecule has 0 aliphatic heterocycles. The molecule has 0 unspecified atom stereocenters.